The Labute approximate surface area is 190 Å². The van der Waals surface area contributed by atoms with Gasteiger partial charge in [0.15, 0.2) is 0 Å². The van der Waals surface area contributed by atoms with Gasteiger partial charge in [-0.2, -0.15) is 0 Å². The van der Waals surface area contributed by atoms with Crippen molar-refractivity contribution in [2.45, 2.75) is 57.9 Å². The van der Waals surface area contributed by atoms with Gasteiger partial charge in [-0.3, -0.25) is 9.59 Å². The fourth-order valence-corrected chi connectivity index (χ4v) is 7.69. The number of hydrogen-bond donors (Lipinski definition) is 1. The molecule has 0 radical (unpaired) electrons. The standard InChI is InChI=1S/C28H32N2O2/c31-26(17-28-14-20-11-21(15-28)13-22(12-20)16-28)29-25-8-4-7-24-23(25)9-10-30(27(24)32)18-19-5-2-1-3-6-19/h1-8,20-22H,9-18H2,(H,29,31). The molecule has 2 amide bonds. The Bertz CT molecular complexity index is 1010. The van der Waals surface area contributed by atoms with Crippen LogP contribution in [0, 0.1) is 23.2 Å². The van der Waals surface area contributed by atoms with Crippen LogP contribution >= 0.6 is 0 Å². The predicted molar refractivity (Wildman–Crippen MR) is 125 cm³/mol. The summed E-state index contributed by atoms with van der Waals surface area (Å²) in [6, 6.07) is 15.9. The summed E-state index contributed by atoms with van der Waals surface area (Å²) in [4.78, 5) is 28.3. The van der Waals surface area contributed by atoms with Crippen molar-refractivity contribution in [1.29, 1.82) is 0 Å². The van der Waals surface area contributed by atoms with Crippen molar-refractivity contribution in [2.75, 3.05) is 11.9 Å². The molecule has 4 aliphatic carbocycles. The zero-order chi connectivity index (χ0) is 21.7. The van der Waals surface area contributed by atoms with Crippen LogP contribution in [0.4, 0.5) is 5.69 Å². The van der Waals surface area contributed by atoms with Crippen molar-refractivity contribution in [3.8, 4) is 0 Å². The van der Waals surface area contributed by atoms with Gasteiger partial charge in [-0.15, -0.1) is 0 Å². The minimum atomic E-state index is 0.0623. The van der Waals surface area contributed by atoms with Crippen LogP contribution in [0.15, 0.2) is 48.5 Å². The lowest BCUT2D eigenvalue weighted by molar-refractivity contribution is -0.124. The van der Waals surface area contributed by atoms with Crippen LogP contribution in [0.2, 0.25) is 0 Å². The van der Waals surface area contributed by atoms with Gasteiger partial charge >= 0.3 is 0 Å². The van der Waals surface area contributed by atoms with Crippen LogP contribution < -0.4 is 5.32 Å². The molecule has 7 rings (SSSR count). The molecule has 0 spiro atoms. The highest BCUT2D eigenvalue weighted by atomic mass is 16.2. The second-order valence-electron chi connectivity index (χ2n) is 10.9. The Hall–Kier alpha value is -2.62. The topological polar surface area (TPSA) is 49.4 Å². The maximum atomic E-state index is 13.2. The normalized spacial score (nSPS) is 30.3. The first kappa shape index (κ1) is 20.0. The van der Waals surface area contributed by atoms with Crippen LogP contribution in [-0.4, -0.2) is 23.3 Å². The van der Waals surface area contributed by atoms with E-state index >= 15 is 0 Å². The molecule has 0 saturated heterocycles. The maximum Gasteiger partial charge on any atom is 0.254 e. The van der Waals surface area contributed by atoms with Gasteiger partial charge in [-0.05, 0) is 91.4 Å². The molecular weight excluding hydrogens is 396 g/mol. The van der Waals surface area contributed by atoms with Crippen LogP contribution in [0.25, 0.3) is 0 Å². The van der Waals surface area contributed by atoms with Gasteiger partial charge in [0, 0.05) is 30.8 Å². The molecule has 1 N–H and O–H groups in total. The van der Waals surface area contributed by atoms with E-state index in [0.29, 0.717) is 19.5 Å². The number of amides is 2. The lowest BCUT2D eigenvalue weighted by atomic mass is 9.49. The number of anilines is 1. The van der Waals surface area contributed by atoms with Gasteiger partial charge in [-0.1, -0.05) is 36.4 Å². The van der Waals surface area contributed by atoms with E-state index in [9.17, 15) is 9.59 Å². The Morgan fingerprint density at radius 2 is 1.62 bits per heavy atom. The van der Waals surface area contributed by atoms with Crippen molar-refractivity contribution in [2.24, 2.45) is 23.2 Å². The van der Waals surface area contributed by atoms with Crippen LogP contribution in [0.1, 0.15) is 66.4 Å². The SMILES string of the molecule is O=C(CC12CC3CC(CC(C3)C1)C2)Nc1cccc2c1CCN(Cc1ccccc1)C2=O. The van der Waals surface area contributed by atoms with Crippen molar-refractivity contribution in [3.63, 3.8) is 0 Å². The minimum absolute atomic E-state index is 0.0623. The zero-order valence-corrected chi connectivity index (χ0v) is 18.7. The molecule has 166 valence electrons. The number of carbonyl (C=O) groups excluding carboxylic acids is 2. The summed E-state index contributed by atoms with van der Waals surface area (Å²) in [6.45, 7) is 1.31. The number of benzene rings is 2. The smallest absolute Gasteiger partial charge is 0.254 e. The van der Waals surface area contributed by atoms with E-state index in [1.807, 2.05) is 41.3 Å². The molecule has 0 atom stereocenters. The molecule has 1 aliphatic heterocycles. The predicted octanol–water partition coefficient (Wildman–Crippen LogP) is 5.43. The average molecular weight is 429 g/mol. The number of carbonyl (C=O) groups is 2. The van der Waals surface area contributed by atoms with Crippen LogP contribution in [0.5, 0.6) is 0 Å². The summed E-state index contributed by atoms with van der Waals surface area (Å²) in [5, 5.41) is 3.22. The Kier molecular flexibility index (Phi) is 4.85. The molecule has 2 aromatic rings. The largest absolute Gasteiger partial charge is 0.334 e. The molecule has 4 bridgehead atoms. The van der Waals surface area contributed by atoms with Gasteiger partial charge in [0.05, 0.1) is 0 Å². The van der Waals surface area contributed by atoms with Gasteiger partial charge in [0.25, 0.3) is 5.91 Å². The van der Waals surface area contributed by atoms with E-state index in [0.717, 1.165) is 46.6 Å². The molecule has 4 fully saturated rings. The van der Waals surface area contributed by atoms with E-state index in [-0.39, 0.29) is 17.2 Å². The van der Waals surface area contributed by atoms with Gasteiger partial charge < -0.3 is 10.2 Å². The van der Waals surface area contributed by atoms with E-state index in [1.165, 1.54) is 38.5 Å². The molecule has 2 aromatic carbocycles. The van der Waals surface area contributed by atoms with Crippen molar-refractivity contribution >= 4 is 17.5 Å². The highest BCUT2D eigenvalue weighted by Gasteiger charge is 2.51. The molecule has 4 nitrogen and oxygen atoms in total. The average Bonchev–Trinajstić information content (AvgIpc) is 2.75. The summed E-state index contributed by atoms with van der Waals surface area (Å²) in [7, 11) is 0. The fraction of sp³-hybridized carbons (Fsp3) is 0.500. The van der Waals surface area contributed by atoms with Crippen molar-refractivity contribution in [3.05, 3.63) is 65.2 Å². The Balaban J connectivity index is 1.16. The Morgan fingerprint density at radius 1 is 0.938 bits per heavy atom. The summed E-state index contributed by atoms with van der Waals surface area (Å²) in [5.74, 6) is 2.76. The third-order valence-electron chi connectivity index (χ3n) is 8.52. The maximum absolute atomic E-state index is 13.2. The monoisotopic (exact) mass is 428 g/mol. The second kappa shape index (κ2) is 7.75. The Morgan fingerprint density at radius 3 is 2.31 bits per heavy atom. The van der Waals surface area contributed by atoms with Crippen LogP contribution in [0.3, 0.4) is 0 Å². The minimum Gasteiger partial charge on any atom is -0.334 e. The summed E-state index contributed by atoms with van der Waals surface area (Å²) >= 11 is 0. The lowest BCUT2D eigenvalue weighted by Crippen LogP contribution is -2.47. The third-order valence-corrected chi connectivity index (χ3v) is 8.52. The van der Waals surface area contributed by atoms with Crippen molar-refractivity contribution in [1.82, 2.24) is 4.90 Å². The summed E-state index contributed by atoms with van der Waals surface area (Å²) in [5.41, 5.74) is 3.95. The van der Waals surface area contributed by atoms with Crippen molar-refractivity contribution < 1.29 is 9.59 Å². The molecule has 5 aliphatic rings. The van der Waals surface area contributed by atoms with Crippen LogP contribution in [-0.2, 0) is 17.8 Å². The molecule has 0 aromatic heterocycles. The molecule has 4 heteroatoms. The number of hydrogen-bond acceptors (Lipinski definition) is 2. The number of fused-ring (bicyclic) bond motifs is 1. The quantitative estimate of drug-likeness (QED) is 0.690. The number of nitrogens with one attached hydrogen (secondary N) is 1. The zero-order valence-electron chi connectivity index (χ0n) is 18.7. The van der Waals surface area contributed by atoms with Gasteiger partial charge in [-0.25, -0.2) is 0 Å². The first-order valence-corrected chi connectivity index (χ1v) is 12.3. The molecular formula is C28H32N2O2. The van der Waals surface area contributed by atoms with E-state index in [4.69, 9.17) is 0 Å². The molecule has 0 unspecified atom stereocenters. The highest BCUT2D eigenvalue weighted by Crippen LogP contribution is 2.61. The molecule has 32 heavy (non-hydrogen) atoms. The second-order valence-corrected chi connectivity index (χ2v) is 10.9. The molecule has 4 saturated carbocycles. The van der Waals surface area contributed by atoms with E-state index in [1.54, 1.807) is 0 Å². The van der Waals surface area contributed by atoms with Gasteiger partial charge in [0.1, 0.15) is 0 Å². The number of nitrogens with zero attached hydrogens (tertiary/aromatic N) is 1. The highest BCUT2D eigenvalue weighted by molar-refractivity contribution is 6.00. The summed E-state index contributed by atoms with van der Waals surface area (Å²) < 4.78 is 0. The first-order chi connectivity index (χ1) is 15.6. The summed E-state index contributed by atoms with van der Waals surface area (Å²) in [6.07, 6.45) is 9.35. The lowest BCUT2D eigenvalue weighted by Gasteiger charge is -2.56. The fourth-order valence-electron chi connectivity index (χ4n) is 7.69. The van der Waals surface area contributed by atoms with Gasteiger partial charge in [0.2, 0.25) is 5.91 Å². The molecule has 1 heterocycles. The number of rotatable bonds is 5. The van der Waals surface area contributed by atoms with E-state index < -0.39 is 0 Å². The third kappa shape index (κ3) is 3.64. The van der Waals surface area contributed by atoms with E-state index in [2.05, 4.69) is 17.4 Å². The first-order valence-electron chi connectivity index (χ1n) is 12.3.